The van der Waals surface area contributed by atoms with Crippen LogP contribution >= 0.6 is 0 Å². The number of hydrogen-bond donors (Lipinski definition) is 1. The summed E-state index contributed by atoms with van der Waals surface area (Å²) >= 11 is 0. The average Bonchev–Trinajstić information content (AvgIpc) is 2.14. The Balaban J connectivity index is 2.48. The normalized spacial score (nSPS) is 11.4. The summed E-state index contributed by atoms with van der Waals surface area (Å²) in [6.45, 7) is 5.56. The smallest absolute Gasteiger partial charge is 0.422 e. The molecule has 0 spiro atoms. The first-order chi connectivity index (χ1) is 6.49. The van der Waals surface area contributed by atoms with Crippen LogP contribution in [0.1, 0.15) is 20.8 Å². The predicted molar refractivity (Wildman–Crippen MR) is 56.0 cm³/mol. The average molecular weight is 194 g/mol. The summed E-state index contributed by atoms with van der Waals surface area (Å²) < 4.78 is 0. The van der Waals surface area contributed by atoms with E-state index in [9.17, 15) is 5.02 Å². The molecular weight excluding hydrogens is 179 g/mol. The lowest BCUT2D eigenvalue weighted by atomic mass is 9.80. The zero-order chi connectivity index (χ0) is 10.6. The van der Waals surface area contributed by atoms with Crippen molar-refractivity contribution in [2.75, 3.05) is 0 Å². The Hall–Kier alpha value is -0.835. The van der Waals surface area contributed by atoms with E-state index in [4.69, 9.17) is 9.69 Å². The maximum atomic E-state index is 9.54. The summed E-state index contributed by atoms with van der Waals surface area (Å²) in [5.41, 5.74) is 0.257. The van der Waals surface area contributed by atoms with Crippen LogP contribution in [0.25, 0.3) is 0 Å². The largest absolute Gasteiger partial charge is 0.523 e. The molecule has 0 bridgehead atoms. The van der Waals surface area contributed by atoms with Crippen LogP contribution in [0.15, 0.2) is 30.3 Å². The molecule has 0 atom stereocenters. The second kappa shape index (κ2) is 4.60. The van der Waals surface area contributed by atoms with E-state index in [1.165, 1.54) is 0 Å². The first-order valence-corrected chi connectivity index (χ1v) is 4.56. The predicted octanol–water partition coefficient (Wildman–Crippen LogP) is 1.12. The number of rotatable bonds is 3. The van der Waals surface area contributed by atoms with Gasteiger partial charge in [-0.1, -0.05) is 30.3 Å². The van der Waals surface area contributed by atoms with Gasteiger partial charge in [0.15, 0.2) is 0 Å². The molecule has 14 heavy (non-hydrogen) atoms. The monoisotopic (exact) mass is 194 g/mol. The molecule has 1 aromatic rings. The minimum Gasteiger partial charge on any atom is -0.422 e. The third-order valence-corrected chi connectivity index (χ3v) is 1.47. The van der Waals surface area contributed by atoms with E-state index in [2.05, 4.69) is 0 Å². The van der Waals surface area contributed by atoms with Crippen LogP contribution < -0.4 is 5.46 Å². The SMILES string of the molecule is CC(C)(C)OOB(O)c1ccccc1. The first-order valence-electron chi connectivity index (χ1n) is 4.56. The van der Waals surface area contributed by atoms with E-state index in [1.54, 1.807) is 12.1 Å². The third kappa shape index (κ3) is 3.92. The lowest BCUT2D eigenvalue weighted by Crippen LogP contribution is -2.36. The van der Waals surface area contributed by atoms with Gasteiger partial charge in [0.25, 0.3) is 0 Å². The van der Waals surface area contributed by atoms with Gasteiger partial charge in [0, 0.05) is 0 Å². The van der Waals surface area contributed by atoms with Crippen molar-refractivity contribution in [1.29, 1.82) is 0 Å². The molecule has 0 heterocycles. The summed E-state index contributed by atoms with van der Waals surface area (Å²) in [5.74, 6) is 0. The Morgan fingerprint density at radius 2 is 1.71 bits per heavy atom. The Labute approximate surface area is 84.7 Å². The second-order valence-electron chi connectivity index (χ2n) is 4.05. The van der Waals surface area contributed by atoms with Gasteiger partial charge in [0.1, 0.15) is 0 Å². The van der Waals surface area contributed by atoms with Crippen LogP contribution in [0.4, 0.5) is 0 Å². The molecule has 1 aromatic carbocycles. The molecule has 0 radical (unpaired) electrons. The third-order valence-electron chi connectivity index (χ3n) is 1.47. The zero-order valence-electron chi connectivity index (χ0n) is 8.73. The molecule has 0 aliphatic rings. The Morgan fingerprint density at radius 3 is 2.21 bits per heavy atom. The van der Waals surface area contributed by atoms with E-state index in [-0.39, 0.29) is 0 Å². The fourth-order valence-electron chi connectivity index (χ4n) is 0.863. The molecule has 0 aromatic heterocycles. The van der Waals surface area contributed by atoms with Crippen LogP contribution in [0.5, 0.6) is 0 Å². The van der Waals surface area contributed by atoms with Gasteiger partial charge in [-0.05, 0) is 26.2 Å². The lowest BCUT2D eigenvalue weighted by Gasteiger charge is -2.19. The van der Waals surface area contributed by atoms with Crippen molar-refractivity contribution in [1.82, 2.24) is 0 Å². The van der Waals surface area contributed by atoms with E-state index in [0.29, 0.717) is 5.46 Å². The van der Waals surface area contributed by atoms with Gasteiger partial charge < -0.3 is 5.02 Å². The van der Waals surface area contributed by atoms with E-state index in [1.807, 2.05) is 39.0 Å². The topological polar surface area (TPSA) is 38.7 Å². The standard InChI is InChI=1S/C10H15BO3/c1-10(2,3)13-14-11(12)9-7-5-4-6-8-9/h4-8,12H,1-3H3. The molecular formula is C10H15BO3. The Bertz CT molecular complexity index is 268. The molecule has 0 unspecified atom stereocenters. The Morgan fingerprint density at radius 1 is 1.14 bits per heavy atom. The highest BCUT2D eigenvalue weighted by Crippen LogP contribution is 2.07. The molecule has 76 valence electrons. The minimum atomic E-state index is -1.03. The van der Waals surface area contributed by atoms with Gasteiger partial charge in [-0.15, -0.1) is 0 Å². The fraction of sp³-hybridized carbons (Fsp3) is 0.400. The first kappa shape index (κ1) is 11.2. The van der Waals surface area contributed by atoms with Gasteiger partial charge in [-0.2, -0.15) is 0 Å². The maximum absolute atomic E-state index is 9.54. The summed E-state index contributed by atoms with van der Waals surface area (Å²) in [6.07, 6.45) is 0. The zero-order valence-corrected chi connectivity index (χ0v) is 8.73. The fourth-order valence-corrected chi connectivity index (χ4v) is 0.863. The van der Waals surface area contributed by atoms with Crippen molar-refractivity contribution >= 4 is 12.6 Å². The van der Waals surface area contributed by atoms with Crippen LogP contribution in [0.3, 0.4) is 0 Å². The molecule has 0 aliphatic heterocycles. The molecule has 0 saturated carbocycles. The summed E-state index contributed by atoms with van der Waals surface area (Å²) in [7, 11) is -1.03. The van der Waals surface area contributed by atoms with Gasteiger partial charge in [-0.3, -0.25) is 4.81 Å². The second-order valence-corrected chi connectivity index (χ2v) is 4.05. The molecule has 4 heteroatoms. The maximum Gasteiger partial charge on any atom is 0.523 e. The molecule has 0 aliphatic carbocycles. The molecule has 0 amide bonds. The van der Waals surface area contributed by atoms with Gasteiger partial charge in [0.2, 0.25) is 0 Å². The van der Waals surface area contributed by atoms with Crippen LogP contribution in [-0.2, 0) is 9.69 Å². The quantitative estimate of drug-likeness (QED) is 0.445. The highest BCUT2D eigenvalue weighted by Gasteiger charge is 2.21. The van der Waals surface area contributed by atoms with Crippen molar-refractivity contribution in [2.24, 2.45) is 0 Å². The minimum absolute atomic E-state index is 0.421. The summed E-state index contributed by atoms with van der Waals surface area (Å²) in [6, 6.07) is 9.09. The molecule has 3 nitrogen and oxygen atoms in total. The van der Waals surface area contributed by atoms with Crippen molar-refractivity contribution in [2.45, 2.75) is 26.4 Å². The number of hydrogen-bond acceptors (Lipinski definition) is 3. The van der Waals surface area contributed by atoms with E-state index >= 15 is 0 Å². The van der Waals surface area contributed by atoms with E-state index in [0.717, 1.165) is 0 Å². The highest BCUT2D eigenvalue weighted by atomic mass is 17.2. The molecule has 0 fully saturated rings. The van der Waals surface area contributed by atoms with Crippen LogP contribution in [0, 0.1) is 0 Å². The van der Waals surface area contributed by atoms with Gasteiger partial charge >= 0.3 is 7.12 Å². The van der Waals surface area contributed by atoms with Crippen molar-refractivity contribution < 1.29 is 14.7 Å². The molecule has 0 saturated heterocycles. The summed E-state index contributed by atoms with van der Waals surface area (Å²) in [4.78, 5) is 9.84. The van der Waals surface area contributed by atoms with Gasteiger partial charge in [0.05, 0.1) is 5.60 Å². The highest BCUT2D eigenvalue weighted by molar-refractivity contribution is 6.59. The van der Waals surface area contributed by atoms with Crippen LogP contribution in [0.2, 0.25) is 0 Å². The molecule has 1 N–H and O–H groups in total. The van der Waals surface area contributed by atoms with E-state index < -0.39 is 12.7 Å². The summed E-state index contributed by atoms with van der Waals surface area (Å²) in [5, 5.41) is 9.54. The molecule has 1 rings (SSSR count). The van der Waals surface area contributed by atoms with Crippen LogP contribution in [-0.4, -0.2) is 17.7 Å². The number of benzene rings is 1. The van der Waals surface area contributed by atoms with Crippen molar-refractivity contribution in [3.05, 3.63) is 30.3 Å². The lowest BCUT2D eigenvalue weighted by molar-refractivity contribution is -0.286. The van der Waals surface area contributed by atoms with Gasteiger partial charge in [-0.25, -0.2) is 4.89 Å². The van der Waals surface area contributed by atoms with Crippen molar-refractivity contribution in [3.8, 4) is 0 Å². The van der Waals surface area contributed by atoms with Crippen molar-refractivity contribution in [3.63, 3.8) is 0 Å². The Kier molecular flexibility index (Phi) is 3.69.